The molecule has 3 aromatic carbocycles. The Morgan fingerprint density at radius 2 is 1.04 bits per heavy atom. The molecular weight excluding hydrogens is 945 g/mol. The Balaban J connectivity index is 0.000000382. The normalized spacial score (nSPS) is 22.5. The molecule has 74 heavy (non-hydrogen) atoms. The first-order valence-corrected chi connectivity index (χ1v) is 26.1. The summed E-state index contributed by atoms with van der Waals surface area (Å²) in [5, 5.41) is 30.8. The monoisotopic (exact) mass is 1030 g/mol. The molecule has 0 heterocycles. The lowest BCUT2D eigenvalue weighted by Crippen LogP contribution is -2.29. The van der Waals surface area contributed by atoms with Crippen LogP contribution in [0.4, 0.5) is 9.59 Å². The number of carboxylic acid groups (broad SMARTS) is 1. The van der Waals surface area contributed by atoms with Gasteiger partial charge in [0, 0.05) is 0 Å². The van der Waals surface area contributed by atoms with Crippen molar-refractivity contribution in [3.63, 3.8) is 0 Å². The van der Waals surface area contributed by atoms with Gasteiger partial charge in [-0.2, -0.15) is 0 Å². The number of fused-ring (bicyclic) bond motifs is 4. The van der Waals surface area contributed by atoms with Gasteiger partial charge in [-0.15, -0.1) is 0 Å². The third-order valence-corrected chi connectivity index (χ3v) is 15.4. The van der Waals surface area contributed by atoms with Crippen molar-refractivity contribution in [1.29, 1.82) is 0 Å². The number of unbranched alkanes of at least 4 members (excludes halogenated alkanes) is 4. The predicted octanol–water partition coefficient (Wildman–Crippen LogP) is 12.3. The molecule has 0 radical (unpaired) electrons. The average Bonchev–Trinajstić information content (AvgIpc) is 3.85. The van der Waals surface area contributed by atoms with Crippen LogP contribution >= 0.6 is 0 Å². The number of carbonyl (C=O) groups is 4. The molecule has 0 bridgehead atoms. The maximum absolute atomic E-state index is 12.3. The molecule has 0 unspecified atom stereocenters. The van der Waals surface area contributed by atoms with Crippen LogP contribution in [0.15, 0.2) is 66.7 Å². The first-order valence-electron chi connectivity index (χ1n) is 26.1. The van der Waals surface area contributed by atoms with Gasteiger partial charge in [0.2, 0.25) is 0 Å². The second-order valence-electron chi connectivity index (χ2n) is 20.0. The van der Waals surface area contributed by atoms with Gasteiger partial charge in [-0.25, -0.2) is 19.2 Å². The van der Waals surface area contributed by atoms with E-state index in [1.165, 1.54) is 25.3 Å². The SMILES string of the molecule is C.C.C.CCCCC[C@@H](CC[C@@H]1[C@H]2Cc3cccc(OCC(=O)O)c3C[C@H]2C[C@H]1O)OC(=O)OC.CCCCC[C@@H](CC[C@@H]1[C@H]2Cc3cccc(OCC(=O)OCc4ccccc4)c3C[C@H]2C[C@H]1O)OC(=O)OC. The van der Waals surface area contributed by atoms with E-state index in [1.54, 1.807) is 0 Å². The van der Waals surface area contributed by atoms with E-state index >= 15 is 0 Å². The summed E-state index contributed by atoms with van der Waals surface area (Å²) in [6, 6.07) is 21.4. The number of aliphatic hydroxyl groups excluding tert-OH is 2. The largest absolute Gasteiger partial charge is 0.508 e. The molecule has 2 fully saturated rings. The zero-order valence-corrected chi connectivity index (χ0v) is 42.3. The number of carboxylic acids is 1. The minimum atomic E-state index is -0.990. The van der Waals surface area contributed by atoms with Crippen LogP contribution in [0.25, 0.3) is 0 Å². The van der Waals surface area contributed by atoms with Crippen molar-refractivity contribution >= 4 is 24.2 Å². The zero-order valence-electron chi connectivity index (χ0n) is 42.3. The molecular formula is C60H90O14. The average molecular weight is 1040 g/mol. The second kappa shape index (κ2) is 32.2. The Morgan fingerprint density at radius 1 is 0.581 bits per heavy atom. The predicted molar refractivity (Wildman–Crippen MR) is 286 cm³/mol. The highest BCUT2D eigenvalue weighted by Gasteiger charge is 2.46. The van der Waals surface area contributed by atoms with Crippen LogP contribution < -0.4 is 9.47 Å². The molecule has 7 rings (SSSR count). The van der Waals surface area contributed by atoms with Gasteiger partial charge in [0.25, 0.3) is 0 Å². The quantitative estimate of drug-likeness (QED) is 0.0436. The van der Waals surface area contributed by atoms with Gasteiger partial charge in [-0.3, -0.25) is 0 Å². The van der Waals surface area contributed by atoms with Crippen LogP contribution in [-0.4, -0.2) is 91.4 Å². The molecule has 0 aromatic heterocycles. The van der Waals surface area contributed by atoms with Crippen molar-refractivity contribution in [2.45, 2.75) is 183 Å². The summed E-state index contributed by atoms with van der Waals surface area (Å²) in [5.74, 6) is 1.73. The standard InChI is InChI=1S/C32H42O7.C25H36O7.3CH4/c1-3-4-6-13-25(39-32(35)36-2)15-16-26-27-17-23-12-9-14-30(28(23)18-24(27)19-29(26)33)37-21-31(34)38-20-22-10-7-5-8-11-22;1-3-4-5-8-18(32-25(29)30-2)10-11-19-20-12-16-7-6-9-23(31-15-24(27)28)21(16)13-17(20)14-22(19)26;;;/h5,7-12,14,24-27,29,33H,3-4,6,13,15-21H2,1-2H3;6-7,9,17-20,22,26H,3-5,8,10-15H2,1-2H3,(H,27,28);3*1H4/t24-,25-,26+,27-,29+;17-,18-,19+,20-,22+;;;/m00.../s1. The van der Waals surface area contributed by atoms with Gasteiger partial charge < -0.3 is 48.5 Å². The Labute approximate surface area is 442 Å². The number of hydrogen-bond donors (Lipinski definition) is 3. The third kappa shape index (κ3) is 18.2. The molecule has 414 valence electrons. The van der Waals surface area contributed by atoms with E-state index in [0.29, 0.717) is 29.4 Å². The van der Waals surface area contributed by atoms with Crippen LogP contribution in [0, 0.1) is 35.5 Å². The summed E-state index contributed by atoms with van der Waals surface area (Å²) in [5.41, 5.74) is 5.55. The van der Waals surface area contributed by atoms with Gasteiger partial charge in [0.05, 0.1) is 26.4 Å². The molecule has 4 aliphatic carbocycles. The van der Waals surface area contributed by atoms with Gasteiger partial charge in [-0.05, 0) is 165 Å². The number of hydrogen-bond acceptors (Lipinski definition) is 13. The van der Waals surface area contributed by atoms with Crippen molar-refractivity contribution in [3.05, 3.63) is 94.5 Å². The van der Waals surface area contributed by atoms with E-state index in [2.05, 4.69) is 26.0 Å². The molecule has 0 spiro atoms. The summed E-state index contributed by atoms with van der Waals surface area (Å²) >= 11 is 0. The van der Waals surface area contributed by atoms with Crippen molar-refractivity contribution in [2.24, 2.45) is 35.5 Å². The van der Waals surface area contributed by atoms with E-state index in [4.69, 9.17) is 38.3 Å². The van der Waals surface area contributed by atoms with Crippen molar-refractivity contribution in [2.75, 3.05) is 27.4 Å². The zero-order chi connectivity index (χ0) is 50.7. The maximum Gasteiger partial charge on any atom is 0.508 e. The molecule has 14 heteroatoms. The summed E-state index contributed by atoms with van der Waals surface area (Å²) < 4.78 is 37.3. The smallest absolute Gasteiger partial charge is 0.482 e. The number of methoxy groups -OCH3 is 2. The molecule has 2 saturated carbocycles. The van der Waals surface area contributed by atoms with Crippen molar-refractivity contribution in [1.82, 2.24) is 0 Å². The number of aliphatic carboxylic acids is 1. The Kier molecular flexibility index (Phi) is 27.4. The molecule has 3 N–H and O–H groups in total. The first kappa shape index (κ1) is 63.0. The minimum absolute atomic E-state index is 0. The van der Waals surface area contributed by atoms with Crippen LogP contribution in [0.1, 0.15) is 154 Å². The summed E-state index contributed by atoms with van der Waals surface area (Å²) in [7, 11) is 2.66. The van der Waals surface area contributed by atoms with Gasteiger partial charge in [0.15, 0.2) is 13.2 Å². The van der Waals surface area contributed by atoms with Gasteiger partial charge >= 0.3 is 24.2 Å². The van der Waals surface area contributed by atoms with E-state index in [0.717, 1.165) is 138 Å². The number of carbonyl (C=O) groups excluding carboxylic acids is 3. The van der Waals surface area contributed by atoms with Crippen molar-refractivity contribution < 1.29 is 67.7 Å². The molecule has 4 aliphatic rings. The summed E-state index contributed by atoms with van der Waals surface area (Å²) in [4.78, 5) is 46.7. The fourth-order valence-electron chi connectivity index (χ4n) is 11.8. The number of esters is 1. The van der Waals surface area contributed by atoms with Gasteiger partial charge in [0.1, 0.15) is 30.3 Å². The number of benzene rings is 3. The lowest BCUT2D eigenvalue weighted by molar-refractivity contribution is -0.147. The van der Waals surface area contributed by atoms with Gasteiger partial charge in [-0.1, -0.05) is 116 Å². The number of ether oxygens (including phenoxy) is 7. The van der Waals surface area contributed by atoms with E-state index in [1.807, 2.05) is 54.6 Å². The highest BCUT2D eigenvalue weighted by molar-refractivity contribution is 5.71. The molecule has 3 aromatic rings. The first-order chi connectivity index (χ1) is 34.4. The van der Waals surface area contributed by atoms with E-state index in [9.17, 15) is 29.4 Å². The lowest BCUT2D eigenvalue weighted by Gasteiger charge is -2.32. The fourth-order valence-corrected chi connectivity index (χ4v) is 11.8. The topological polar surface area (TPSA) is 194 Å². The molecule has 0 aliphatic heterocycles. The number of rotatable bonds is 24. The summed E-state index contributed by atoms with van der Waals surface area (Å²) in [6.07, 6.45) is 13.5. The van der Waals surface area contributed by atoms with Crippen LogP contribution in [0.2, 0.25) is 0 Å². The van der Waals surface area contributed by atoms with E-state index < -0.39 is 24.2 Å². The third-order valence-electron chi connectivity index (χ3n) is 15.4. The number of aliphatic hydroxyl groups is 2. The van der Waals surface area contributed by atoms with E-state index in [-0.39, 0.29) is 78.4 Å². The second-order valence-corrected chi connectivity index (χ2v) is 20.0. The highest BCUT2D eigenvalue weighted by atomic mass is 16.7. The maximum atomic E-state index is 12.3. The minimum Gasteiger partial charge on any atom is -0.482 e. The Hall–Kier alpha value is -5.34. The lowest BCUT2D eigenvalue weighted by atomic mass is 9.73. The molecule has 0 amide bonds. The Bertz CT molecular complexity index is 2140. The van der Waals surface area contributed by atoms with Crippen LogP contribution in [0.3, 0.4) is 0 Å². The Morgan fingerprint density at radius 3 is 1.47 bits per heavy atom. The van der Waals surface area contributed by atoms with Crippen molar-refractivity contribution in [3.8, 4) is 11.5 Å². The molecule has 0 saturated heterocycles. The molecule has 10 atom stereocenters. The van der Waals surface area contributed by atoms with Crippen LogP contribution in [-0.2, 0) is 65.6 Å². The fraction of sp³-hybridized carbons (Fsp3) is 0.633. The van der Waals surface area contributed by atoms with Crippen LogP contribution in [0.5, 0.6) is 11.5 Å². The highest BCUT2D eigenvalue weighted by Crippen LogP contribution is 2.50. The molecule has 14 nitrogen and oxygen atoms in total. The summed E-state index contributed by atoms with van der Waals surface area (Å²) in [6.45, 7) is 4.03.